The molecule has 1 aliphatic rings. The number of nitrogens with one attached hydrogen (secondary N) is 2. The van der Waals surface area contributed by atoms with E-state index in [1.165, 1.54) is 13.2 Å². The van der Waals surface area contributed by atoms with Crippen LogP contribution in [0.5, 0.6) is 5.75 Å². The maximum Gasteiger partial charge on any atom is 0.373 e. The highest BCUT2D eigenvalue weighted by atomic mass is 16.5. The number of nitrogens with two attached hydrogens (primary N) is 2. The Morgan fingerprint density at radius 3 is 2.68 bits per heavy atom. The van der Waals surface area contributed by atoms with Crippen LogP contribution in [-0.4, -0.2) is 24.0 Å². The number of rotatable bonds is 5. The number of hydrogen-bond donors (Lipinski definition) is 4. The number of ether oxygens (including phenoxy) is 2. The van der Waals surface area contributed by atoms with Crippen LogP contribution in [0.25, 0.3) is 0 Å². The molecule has 3 heterocycles. The van der Waals surface area contributed by atoms with Crippen LogP contribution in [0, 0.1) is 22.8 Å². The number of pyridine rings is 1. The number of guanidine groups is 1. The Labute approximate surface area is 193 Å². The van der Waals surface area contributed by atoms with Gasteiger partial charge in [0.1, 0.15) is 47.4 Å². The first kappa shape index (κ1) is 22.0. The minimum Gasteiger partial charge on any atom is -0.486 e. The lowest BCUT2D eigenvalue weighted by Crippen LogP contribution is -2.32. The average molecular weight is 458 g/mol. The first-order valence-corrected chi connectivity index (χ1v) is 9.83. The van der Waals surface area contributed by atoms with E-state index >= 15 is 0 Å². The molecule has 0 saturated heterocycles. The van der Waals surface area contributed by atoms with Crippen LogP contribution in [0.3, 0.4) is 0 Å². The van der Waals surface area contributed by atoms with Crippen molar-refractivity contribution < 1.29 is 18.7 Å². The molecule has 34 heavy (non-hydrogen) atoms. The van der Waals surface area contributed by atoms with Crippen molar-refractivity contribution in [2.75, 3.05) is 23.9 Å². The molecule has 1 aromatic carbocycles. The van der Waals surface area contributed by atoms with E-state index in [9.17, 15) is 10.1 Å². The fourth-order valence-electron chi connectivity index (χ4n) is 3.39. The van der Waals surface area contributed by atoms with E-state index in [1.54, 1.807) is 36.5 Å². The van der Waals surface area contributed by atoms with Crippen molar-refractivity contribution in [3.05, 3.63) is 64.6 Å². The molecule has 0 amide bonds. The first-order valence-electron chi connectivity index (χ1n) is 9.83. The van der Waals surface area contributed by atoms with Crippen LogP contribution in [0.2, 0.25) is 0 Å². The summed E-state index contributed by atoms with van der Waals surface area (Å²) in [6.45, 7) is 0.0998. The quantitative estimate of drug-likeness (QED) is 0.248. The van der Waals surface area contributed by atoms with Crippen molar-refractivity contribution in [3.63, 3.8) is 0 Å². The third kappa shape index (κ3) is 4.11. The summed E-state index contributed by atoms with van der Waals surface area (Å²) in [4.78, 5) is 20.2. The molecule has 12 nitrogen and oxygen atoms in total. The zero-order chi connectivity index (χ0) is 24.2. The SMILES string of the molecule is COC(=O)c1ccc(COc2ccc(C3N=C(NC#N)Nc4nc(N)c(C#N)c(N)c43)cc2)o1. The molecule has 170 valence electrons. The van der Waals surface area contributed by atoms with Crippen molar-refractivity contribution in [1.82, 2.24) is 10.3 Å². The second-order valence-electron chi connectivity index (χ2n) is 7.02. The molecule has 0 spiro atoms. The number of aliphatic imine (C=N–C) groups is 1. The molecule has 3 aromatic rings. The predicted molar refractivity (Wildman–Crippen MR) is 120 cm³/mol. The molecule has 1 aliphatic heterocycles. The number of fused-ring (bicyclic) bond motifs is 1. The van der Waals surface area contributed by atoms with E-state index in [2.05, 4.69) is 25.3 Å². The number of esters is 1. The minimum atomic E-state index is -0.658. The monoisotopic (exact) mass is 458 g/mol. The highest BCUT2D eigenvalue weighted by molar-refractivity contribution is 5.98. The third-order valence-corrected chi connectivity index (χ3v) is 4.98. The van der Waals surface area contributed by atoms with Crippen LogP contribution >= 0.6 is 0 Å². The van der Waals surface area contributed by atoms with Gasteiger partial charge in [0.25, 0.3) is 0 Å². The van der Waals surface area contributed by atoms with Gasteiger partial charge in [-0.2, -0.15) is 10.5 Å². The van der Waals surface area contributed by atoms with Crippen molar-refractivity contribution >= 4 is 29.3 Å². The number of nitrogen functional groups attached to an aromatic ring is 2. The van der Waals surface area contributed by atoms with Crippen LogP contribution < -0.4 is 26.8 Å². The molecule has 0 bridgehead atoms. The highest BCUT2D eigenvalue weighted by Crippen LogP contribution is 2.40. The lowest BCUT2D eigenvalue weighted by atomic mass is 9.95. The maximum atomic E-state index is 11.5. The minimum absolute atomic E-state index is 0.0276. The fraction of sp³-hybridized carbons (Fsp3) is 0.136. The Kier molecular flexibility index (Phi) is 5.88. The van der Waals surface area contributed by atoms with Gasteiger partial charge in [0.15, 0.2) is 6.19 Å². The highest BCUT2D eigenvalue weighted by Gasteiger charge is 2.29. The molecular weight excluding hydrogens is 440 g/mol. The van der Waals surface area contributed by atoms with Crippen molar-refractivity contribution in [1.29, 1.82) is 10.5 Å². The summed E-state index contributed by atoms with van der Waals surface area (Å²) in [6.07, 6.45) is 1.80. The summed E-state index contributed by atoms with van der Waals surface area (Å²) in [5.74, 6) is 0.938. The van der Waals surface area contributed by atoms with Gasteiger partial charge in [-0.15, -0.1) is 0 Å². The van der Waals surface area contributed by atoms with Gasteiger partial charge in [0.05, 0.1) is 12.8 Å². The normalized spacial score (nSPS) is 14.0. The van der Waals surface area contributed by atoms with Gasteiger partial charge in [-0.1, -0.05) is 12.1 Å². The van der Waals surface area contributed by atoms with Crippen molar-refractivity contribution in [2.24, 2.45) is 4.99 Å². The Hall–Kier alpha value is -5.23. The number of carbonyl (C=O) groups is 1. The molecule has 6 N–H and O–H groups in total. The molecule has 2 aromatic heterocycles. The maximum absolute atomic E-state index is 11.5. The summed E-state index contributed by atoms with van der Waals surface area (Å²) in [5, 5.41) is 23.7. The number of anilines is 3. The number of benzene rings is 1. The van der Waals surface area contributed by atoms with E-state index < -0.39 is 12.0 Å². The number of methoxy groups -OCH3 is 1. The van der Waals surface area contributed by atoms with Gasteiger partial charge in [-0.05, 0) is 29.8 Å². The smallest absolute Gasteiger partial charge is 0.373 e. The van der Waals surface area contributed by atoms with Gasteiger partial charge in [0, 0.05) is 5.56 Å². The number of nitrogens with zero attached hydrogens (tertiary/aromatic N) is 4. The van der Waals surface area contributed by atoms with E-state index in [0.717, 1.165) is 0 Å². The van der Waals surface area contributed by atoms with E-state index in [0.29, 0.717) is 28.5 Å². The zero-order valence-corrected chi connectivity index (χ0v) is 17.8. The standard InChI is InChI=1S/C22H18N8O4/c1-32-21(31)15-7-6-13(34-15)9-33-12-4-2-11(3-5-12)18-16-17(25)14(8-23)19(26)29-20(16)30-22(28-18)27-10-24/h2-7,18H,9H2,1H3,(H6,25,26,27,28,29,30). The van der Waals surface area contributed by atoms with Crippen LogP contribution in [0.15, 0.2) is 45.8 Å². The summed E-state index contributed by atoms with van der Waals surface area (Å²) in [6, 6.07) is 11.4. The van der Waals surface area contributed by atoms with Gasteiger partial charge >= 0.3 is 5.97 Å². The van der Waals surface area contributed by atoms with Crippen molar-refractivity contribution in [3.8, 4) is 18.0 Å². The molecule has 1 atom stereocenters. The Bertz CT molecular complexity index is 1370. The topological polar surface area (TPSA) is 198 Å². The lowest BCUT2D eigenvalue weighted by molar-refractivity contribution is 0.0561. The van der Waals surface area contributed by atoms with Crippen LogP contribution in [0.4, 0.5) is 17.3 Å². The first-order chi connectivity index (χ1) is 16.4. The number of nitriles is 2. The molecule has 0 fully saturated rings. The Morgan fingerprint density at radius 2 is 2.00 bits per heavy atom. The van der Waals surface area contributed by atoms with Gasteiger partial charge < -0.3 is 30.7 Å². The molecule has 4 rings (SSSR count). The van der Waals surface area contributed by atoms with Crippen LogP contribution in [-0.2, 0) is 11.3 Å². The molecular formula is C22H18N8O4. The third-order valence-electron chi connectivity index (χ3n) is 4.98. The summed E-state index contributed by atoms with van der Waals surface area (Å²) in [5.41, 5.74) is 13.5. The average Bonchev–Trinajstić information content (AvgIpc) is 3.31. The molecule has 12 heteroatoms. The van der Waals surface area contributed by atoms with E-state index in [4.69, 9.17) is 25.9 Å². The van der Waals surface area contributed by atoms with Gasteiger partial charge in [0.2, 0.25) is 11.7 Å². The lowest BCUT2D eigenvalue weighted by Gasteiger charge is -2.26. The number of aromatic nitrogens is 1. The molecule has 1 unspecified atom stereocenters. The number of furan rings is 1. The summed E-state index contributed by atoms with van der Waals surface area (Å²) in [7, 11) is 1.27. The second kappa shape index (κ2) is 9.10. The molecule has 0 saturated carbocycles. The number of carbonyl (C=O) groups excluding carboxylic acids is 1. The second-order valence-corrected chi connectivity index (χ2v) is 7.02. The van der Waals surface area contributed by atoms with Crippen LogP contribution in [0.1, 0.15) is 39.0 Å². The Morgan fingerprint density at radius 1 is 1.24 bits per heavy atom. The molecule has 0 aliphatic carbocycles. The summed E-state index contributed by atoms with van der Waals surface area (Å²) >= 11 is 0. The van der Waals surface area contributed by atoms with E-state index in [1.807, 2.05) is 6.07 Å². The van der Waals surface area contributed by atoms with Gasteiger partial charge in [-0.25, -0.2) is 14.8 Å². The molecule has 0 radical (unpaired) electrons. The largest absolute Gasteiger partial charge is 0.486 e. The number of hydrogen-bond acceptors (Lipinski definition) is 12. The summed E-state index contributed by atoms with van der Waals surface area (Å²) < 4.78 is 15.7. The van der Waals surface area contributed by atoms with E-state index in [-0.39, 0.29) is 35.4 Å². The van der Waals surface area contributed by atoms with Crippen molar-refractivity contribution in [2.45, 2.75) is 12.6 Å². The Balaban J connectivity index is 1.59. The predicted octanol–water partition coefficient (Wildman–Crippen LogP) is 2.02. The van der Waals surface area contributed by atoms with Gasteiger partial charge in [-0.3, -0.25) is 5.32 Å². The fourth-order valence-corrected chi connectivity index (χ4v) is 3.39. The zero-order valence-electron chi connectivity index (χ0n) is 17.8.